The molecular weight excluding hydrogens is 208 g/mol. The Morgan fingerprint density at radius 2 is 1.54 bits per heavy atom. The molecule has 1 aliphatic rings. The Labute approximate surface area is 101 Å². The minimum atomic E-state index is 0. The van der Waals surface area contributed by atoms with E-state index in [9.17, 15) is 0 Å². The maximum Gasteiger partial charge on any atom is 0.0135 e. The van der Waals surface area contributed by atoms with Crippen molar-refractivity contribution in [3.8, 4) is 0 Å². The van der Waals surface area contributed by atoms with Gasteiger partial charge in [0.15, 0.2) is 0 Å². The molecule has 0 spiro atoms. The van der Waals surface area contributed by atoms with Gasteiger partial charge in [-0.15, -0.1) is 6.92 Å². The molecule has 0 fully saturated rings. The Morgan fingerprint density at radius 3 is 1.62 bits per heavy atom. The van der Waals surface area contributed by atoms with Crippen molar-refractivity contribution in [3.63, 3.8) is 0 Å². The average Bonchev–Trinajstić information content (AvgIpc) is 2.20. The van der Waals surface area contributed by atoms with Crippen LogP contribution in [0.2, 0.25) is 13.1 Å². The van der Waals surface area contributed by atoms with Crippen LogP contribution >= 0.6 is 0 Å². The maximum atomic E-state index is 3.36. The van der Waals surface area contributed by atoms with Gasteiger partial charge in [-0.1, -0.05) is 39.8 Å². The molecule has 74 valence electrons. The van der Waals surface area contributed by atoms with Crippen LogP contribution in [0.15, 0.2) is 16.7 Å². The number of hydrogen-bond donors (Lipinski definition) is 0. The van der Waals surface area contributed by atoms with Gasteiger partial charge >= 0.3 is 0 Å². The molecule has 0 bridgehead atoms. The van der Waals surface area contributed by atoms with Gasteiger partial charge in [0, 0.05) is 31.2 Å². The summed E-state index contributed by atoms with van der Waals surface area (Å²) in [6.45, 7) is 13.2. The molecule has 0 aromatic heterocycles. The van der Waals surface area contributed by atoms with Crippen molar-refractivity contribution in [2.24, 2.45) is 5.92 Å². The molecular formula is C11H21SiTi-. The van der Waals surface area contributed by atoms with E-state index in [-0.39, 0.29) is 21.7 Å². The average molecular weight is 229 g/mol. The predicted octanol–water partition coefficient (Wildman–Crippen LogP) is 2.97. The number of rotatable bonds is 0. The Bertz CT molecular complexity index is 204. The topological polar surface area (TPSA) is 0 Å². The molecule has 13 heavy (non-hydrogen) atoms. The van der Waals surface area contributed by atoms with Gasteiger partial charge in [0.2, 0.25) is 0 Å². The van der Waals surface area contributed by atoms with Gasteiger partial charge in [-0.05, 0) is 0 Å². The summed E-state index contributed by atoms with van der Waals surface area (Å²) >= 11 is 0. The number of allylic oxidation sites excluding steroid dienone is 4. The molecule has 1 atom stereocenters. The summed E-state index contributed by atoms with van der Waals surface area (Å²) < 4.78 is 0. The van der Waals surface area contributed by atoms with Crippen molar-refractivity contribution in [1.29, 1.82) is 0 Å². The van der Waals surface area contributed by atoms with E-state index in [2.05, 4.69) is 46.9 Å². The minimum absolute atomic E-state index is 0. The van der Waals surface area contributed by atoms with E-state index < -0.39 is 0 Å². The van der Waals surface area contributed by atoms with E-state index in [0.29, 0.717) is 15.4 Å². The summed E-state index contributed by atoms with van der Waals surface area (Å²) in [6, 6.07) is 0. The first kappa shape index (κ1) is 15.9. The molecule has 1 unspecified atom stereocenters. The van der Waals surface area contributed by atoms with Gasteiger partial charge in [-0.2, -0.15) is 11.1 Å². The molecule has 0 saturated carbocycles. The van der Waals surface area contributed by atoms with Crippen LogP contribution in [0.1, 0.15) is 27.7 Å². The molecule has 0 amide bonds. The molecule has 0 aromatic rings. The van der Waals surface area contributed by atoms with Crippen molar-refractivity contribution in [3.05, 3.63) is 22.8 Å². The first-order valence-corrected chi connectivity index (χ1v) is 7.65. The van der Waals surface area contributed by atoms with Gasteiger partial charge < -0.3 is 0 Å². The predicted molar refractivity (Wildman–Crippen MR) is 60.2 cm³/mol. The van der Waals surface area contributed by atoms with E-state index in [1.54, 1.807) is 0 Å². The van der Waals surface area contributed by atoms with Crippen LogP contribution < -0.4 is 0 Å². The van der Waals surface area contributed by atoms with Crippen LogP contribution in [0.3, 0.4) is 0 Å². The Hall–Kier alpha value is 0.411. The summed E-state index contributed by atoms with van der Waals surface area (Å²) in [5, 5.41) is 0. The van der Waals surface area contributed by atoms with Crippen molar-refractivity contribution >= 4 is 9.52 Å². The molecule has 0 aromatic carbocycles. The van der Waals surface area contributed by atoms with E-state index in [0.717, 1.165) is 0 Å². The summed E-state index contributed by atoms with van der Waals surface area (Å²) in [6.07, 6.45) is 3.36. The third-order valence-electron chi connectivity index (χ3n) is 2.24. The van der Waals surface area contributed by atoms with Crippen LogP contribution in [0, 0.1) is 12.0 Å². The fourth-order valence-electron chi connectivity index (χ4n) is 1.16. The molecule has 0 aliphatic heterocycles. The second kappa shape index (κ2) is 7.78. The molecule has 0 N–H and O–H groups in total. The standard InChI is InChI=1S/C9H13.C2H8Si.Ti/c1-6-5-7(2)9(4)8(6)3;1-3-2;/h6H,1-4H3;3H2,1-2H3;/q-1;;. The quantitative estimate of drug-likeness (QED) is 0.442. The third-order valence-corrected chi connectivity index (χ3v) is 2.24. The zero-order chi connectivity index (χ0) is 9.72. The molecule has 0 saturated heterocycles. The minimum Gasteiger partial charge on any atom is -0.266 e. The van der Waals surface area contributed by atoms with Crippen LogP contribution in [0.25, 0.3) is 0 Å². The normalized spacial score (nSPS) is 20.2. The van der Waals surface area contributed by atoms with Crippen molar-refractivity contribution in [1.82, 2.24) is 0 Å². The summed E-state index contributed by atoms with van der Waals surface area (Å²) in [5.74, 6) is 0.560. The van der Waals surface area contributed by atoms with Crippen molar-refractivity contribution in [2.75, 3.05) is 0 Å². The zero-order valence-corrected chi connectivity index (χ0v) is 12.8. The molecule has 1 rings (SSSR count). The fourth-order valence-corrected chi connectivity index (χ4v) is 1.16. The first-order chi connectivity index (χ1) is 5.54. The summed E-state index contributed by atoms with van der Waals surface area (Å²) in [7, 11) is 0.417. The van der Waals surface area contributed by atoms with E-state index in [1.165, 1.54) is 16.7 Å². The van der Waals surface area contributed by atoms with Gasteiger partial charge in [0.1, 0.15) is 0 Å². The fraction of sp³-hybridized carbons (Fsp3) is 0.636. The Morgan fingerprint density at radius 1 is 1.15 bits per heavy atom. The molecule has 0 radical (unpaired) electrons. The van der Waals surface area contributed by atoms with Gasteiger partial charge in [0.05, 0.1) is 0 Å². The second-order valence-corrected chi connectivity index (χ2v) is 4.92. The Balaban J connectivity index is 0. The Kier molecular flexibility index (Phi) is 9.50. The summed E-state index contributed by atoms with van der Waals surface area (Å²) in [4.78, 5) is 0. The van der Waals surface area contributed by atoms with E-state index in [1.807, 2.05) is 0 Å². The second-order valence-electron chi connectivity index (χ2n) is 3.51. The van der Waals surface area contributed by atoms with Crippen LogP contribution in [0.5, 0.6) is 0 Å². The maximum absolute atomic E-state index is 3.36. The van der Waals surface area contributed by atoms with Crippen LogP contribution in [-0.4, -0.2) is 9.52 Å². The molecule has 0 heterocycles. The SMILES string of the molecule is CC1=[C-]C(C)C(C)=C1C.C[SiH2]C.[Ti]. The largest absolute Gasteiger partial charge is 0.266 e. The molecule has 2 heteroatoms. The van der Waals surface area contributed by atoms with Crippen molar-refractivity contribution in [2.45, 2.75) is 40.8 Å². The zero-order valence-electron chi connectivity index (χ0n) is 9.78. The van der Waals surface area contributed by atoms with Gasteiger partial charge in [0.25, 0.3) is 0 Å². The smallest absolute Gasteiger partial charge is 0.0135 e. The molecule has 1 aliphatic carbocycles. The molecule has 0 nitrogen and oxygen atoms in total. The number of hydrogen-bond acceptors (Lipinski definition) is 0. The first-order valence-electron chi connectivity index (χ1n) is 4.82. The van der Waals surface area contributed by atoms with Gasteiger partial charge in [-0.25, -0.2) is 5.57 Å². The van der Waals surface area contributed by atoms with E-state index >= 15 is 0 Å². The van der Waals surface area contributed by atoms with Crippen molar-refractivity contribution < 1.29 is 21.7 Å². The monoisotopic (exact) mass is 229 g/mol. The van der Waals surface area contributed by atoms with Crippen LogP contribution in [-0.2, 0) is 21.7 Å². The third kappa shape index (κ3) is 4.99. The summed E-state index contributed by atoms with van der Waals surface area (Å²) in [5.41, 5.74) is 4.25. The van der Waals surface area contributed by atoms with E-state index in [4.69, 9.17) is 0 Å². The van der Waals surface area contributed by atoms with Crippen LogP contribution in [0.4, 0.5) is 0 Å². The van der Waals surface area contributed by atoms with Gasteiger partial charge in [-0.3, -0.25) is 6.08 Å².